The number of nitriles is 1. The predicted molar refractivity (Wildman–Crippen MR) is 107 cm³/mol. The Bertz CT molecular complexity index is 984. The Kier molecular flexibility index (Phi) is 6.24. The third kappa shape index (κ3) is 5.31. The number of carbonyl (C=O) groups excluding carboxylic acids is 1. The molecule has 142 valence electrons. The van der Waals surface area contributed by atoms with E-state index in [1.165, 1.54) is 4.31 Å². The third-order valence-electron chi connectivity index (χ3n) is 4.10. The molecule has 0 atom stereocenters. The molecular formula is C20H23N3O3S. The number of hydrogen-bond acceptors (Lipinski definition) is 4. The predicted octanol–water partition coefficient (Wildman–Crippen LogP) is 3.28. The Morgan fingerprint density at radius 3 is 2.33 bits per heavy atom. The van der Waals surface area contributed by atoms with E-state index in [0.29, 0.717) is 16.9 Å². The van der Waals surface area contributed by atoms with Crippen LogP contribution in [0.2, 0.25) is 0 Å². The van der Waals surface area contributed by atoms with Crippen molar-refractivity contribution in [2.75, 3.05) is 22.4 Å². The smallest absolute Gasteiger partial charge is 0.232 e. The molecule has 0 spiro atoms. The van der Waals surface area contributed by atoms with Gasteiger partial charge in [-0.15, -0.1) is 0 Å². The van der Waals surface area contributed by atoms with Crippen LogP contribution in [0, 0.1) is 32.1 Å². The molecule has 2 rings (SSSR count). The number of sulfonamides is 1. The van der Waals surface area contributed by atoms with Crippen LogP contribution in [0.25, 0.3) is 0 Å². The molecule has 27 heavy (non-hydrogen) atoms. The maximum atomic E-state index is 12.3. The van der Waals surface area contributed by atoms with Crippen molar-refractivity contribution >= 4 is 27.3 Å². The lowest BCUT2D eigenvalue weighted by atomic mass is 10.1. The van der Waals surface area contributed by atoms with Crippen LogP contribution in [0.15, 0.2) is 36.4 Å². The Hall–Kier alpha value is -2.85. The van der Waals surface area contributed by atoms with E-state index in [1.807, 2.05) is 39.0 Å². The molecule has 0 fully saturated rings. The topological polar surface area (TPSA) is 90.3 Å². The summed E-state index contributed by atoms with van der Waals surface area (Å²) < 4.78 is 25.9. The van der Waals surface area contributed by atoms with Crippen LogP contribution >= 0.6 is 0 Å². The number of aryl methyl sites for hydroxylation is 3. The SMILES string of the molecule is Cc1cc(C)c(N(CCC(=O)Nc2cccc(C#N)c2)S(C)(=O)=O)c(C)c1. The van der Waals surface area contributed by atoms with Gasteiger partial charge in [-0.3, -0.25) is 9.10 Å². The fourth-order valence-corrected chi connectivity index (χ4v) is 4.14. The number of nitrogens with one attached hydrogen (secondary N) is 1. The van der Waals surface area contributed by atoms with Crippen molar-refractivity contribution in [3.8, 4) is 6.07 Å². The van der Waals surface area contributed by atoms with E-state index in [2.05, 4.69) is 5.32 Å². The second-order valence-electron chi connectivity index (χ2n) is 6.57. The molecule has 1 N–H and O–H groups in total. The summed E-state index contributed by atoms with van der Waals surface area (Å²) in [6.45, 7) is 5.71. The molecule has 0 aliphatic heterocycles. The van der Waals surface area contributed by atoms with Gasteiger partial charge in [0.1, 0.15) is 0 Å². The molecule has 0 unspecified atom stereocenters. The Morgan fingerprint density at radius 2 is 1.78 bits per heavy atom. The Balaban J connectivity index is 2.19. The molecule has 6 nitrogen and oxygen atoms in total. The molecule has 1 amide bonds. The van der Waals surface area contributed by atoms with E-state index in [0.717, 1.165) is 22.9 Å². The zero-order valence-corrected chi connectivity index (χ0v) is 16.7. The Labute approximate surface area is 160 Å². The van der Waals surface area contributed by atoms with Gasteiger partial charge in [0.15, 0.2) is 0 Å². The van der Waals surface area contributed by atoms with Crippen molar-refractivity contribution in [3.05, 3.63) is 58.7 Å². The second-order valence-corrected chi connectivity index (χ2v) is 8.48. The Morgan fingerprint density at radius 1 is 1.15 bits per heavy atom. The zero-order valence-electron chi connectivity index (χ0n) is 15.9. The first-order valence-electron chi connectivity index (χ1n) is 8.47. The third-order valence-corrected chi connectivity index (χ3v) is 5.27. The summed E-state index contributed by atoms with van der Waals surface area (Å²) in [6, 6.07) is 12.4. The summed E-state index contributed by atoms with van der Waals surface area (Å²) >= 11 is 0. The zero-order chi connectivity index (χ0) is 20.2. The first-order chi connectivity index (χ1) is 12.6. The van der Waals surface area contributed by atoms with Gasteiger partial charge in [-0.2, -0.15) is 5.26 Å². The molecule has 0 aliphatic rings. The van der Waals surface area contributed by atoms with E-state index >= 15 is 0 Å². The molecule has 0 aromatic heterocycles. The number of rotatable bonds is 6. The minimum absolute atomic E-state index is 0.00337. The lowest BCUT2D eigenvalue weighted by molar-refractivity contribution is -0.116. The summed E-state index contributed by atoms with van der Waals surface area (Å²) in [5, 5.41) is 11.6. The average molecular weight is 385 g/mol. The van der Waals surface area contributed by atoms with E-state index in [-0.39, 0.29) is 18.9 Å². The van der Waals surface area contributed by atoms with Crippen molar-refractivity contribution in [2.45, 2.75) is 27.2 Å². The number of amides is 1. The summed E-state index contributed by atoms with van der Waals surface area (Å²) in [4.78, 5) is 12.3. The van der Waals surface area contributed by atoms with Crippen LogP contribution in [-0.4, -0.2) is 27.1 Å². The molecule has 0 radical (unpaired) electrons. The van der Waals surface area contributed by atoms with Crippen molar-refractivity contribution in [3.63, 3.8) is 0 Å². The summed E-state index contributed by atoms with van der Waals surface area (Å²) in [5.74, 6) is -0.318. The maximum absolute atomic E-state index is 12.3. The van der Waals surface area contributed by atoms with Crippen molar-refractivity contribution < 1.29 is 13.2 Å². The maximum Gasteiger partial charge on any atom is 0.232 e. The van der Waals surface area contributed by atoms with Crippen LogP contribution < -0.4 is 9.62 Å². The molecule has 0 bridgehead atoms. The highest BCUT2D eigenvalue weighted by atomic mass is 32.2. The quantitative estimate of drug-likeness (QED) is 0.826. The van der Waals surface area contributed by atoms with Crippen LogP contribution in [0.5, 0.6) is 0 Å². The van der Waals surface area contributed by atoms with Gasteiger partial charge in [-0.25, -0.2) is 8.42 Å². The van der Waals surface area contributed by atoms with Crippen LogP contribution in [0.1, 0.15) is 28.7 Å². The molecular weight excluding hydrogens is 362 g/mol. The van der Waals surface area contributed by atoms with Crippen LogP contribution in [0.3, 0.4) is 0 Å². The van der Waals surface area contributed by atoms with Crippen LogP contribution in [-0.2, 0) is 14.8 Å². The number of anilines is 2. The molecule has 2 aromatic rings. The molecule has 0 aliphatic carbocycles. The largest absolute Gasteiger partial charge is 0.326 e. The number of hydrogen-bond donors (Lipinski definition) is 1. The molecule has 2 aromatic carbocycles. The first kappa shape index (κ1) is 20.5. The molecule has 0 saturated heterocycles. The van der Waals surface area contributed by atoms with Gasteiger partial charge in [-0.1, -0.05) is 23.8 Å². The molecule has 0 heterocycles. The summed E-state index contributed by atoms with van der Waals surface area (Å²) in [6.07, 6.45) is 1.14. The van der Waals surface area contributed by atoms with Crippen molar-refractivity contribution in [1.82, 2.24) is 0 Å². The van der Waals surface area contributed by atoms with Gasteiger partial charge < -0.3 is 5.32 Å². The minimum atomic E-state index is -3.54. The first-order valence-corrected chi connectivity index (χ1v) is 10.3. The van der Waals surface area contributed by atoms with Gasteiger partial charge in [0, 0.05) is 18.7 Å². The highest BCUT2D eigenvalue weighted by molar-refractivity contribution is 7.92. The van der Waals surface area contributed by atoms with E-state index in [1.54, 1.807) is 24.3 Å². The summed E-state index contributed by atoms with van der Waals surface area (Å²) in [5.41, 5.74) is 4.31. The van der Waals surface area contributed by atoms with Gasteiger partial charge in [0.25, 0.3) is 0 Å². The average Bonchev–Trinajstić information content (AvgIpc) is 2.56. The minimum Gasteiger partial charge on any atom is -0.326 e. The van der Waals surface area contributed by atoms with Crippen molar-refractivity contribution in [1.29, 1.82) is 5.26 Å². The van der Waals surface area contributed by atoms with E-state index < -0.39 is 10.0 Å². The number of benzene rings is 2. The highest BCUT2D eigenvalue weighted by Gasteiger charge is 2.22. The van der Waals surface area contributed by atoms with E-state index in [4.69, 9.17) is 5.26 Å². The van der Waals surface area contributed by atoms with Gasteiger partial charge >= 0.3 is 0 Å². The van der Waals surface area contributed by atoms with Crippen LogP contribution in [0.4, 0.5) is 11.4 Å². The fourth-order valence-electron chi connectivity index (χ4n) is 3.10. The number of nitrogens with zero attached hydrogens (tertiary/aromatic N) is 2. The number of carbonyl (C=O) groups is 1. The summed E-state index contributed by atoms with van der Waals surface area (Å²) in [7, 11) is -3.54. The lowest BCUT2D eigenvalue weighted by Gasteiger charge is -2.26. The second kappa shape index (κ2) is 8.23. The van der Waals surface area contributed by atoms with Crippen molar-refractivity contribution in [2.24, 2.45) is 0 Å². The van der Waals surface area contributed by atoms with Gasteiger partial charge in [-0.05, 0) is 50.1 Å². The standard InChI is InChI=1S/C20H23N3O3S/c1-14-10-15(2)20(16(3)11-14)23(27(4,25)26)9-8-19(24)22-18-7-5-6-17(12-18)13-21/h5-7,10-12H,8-9H2,1-4H3,(H,22,24). The molecule has 0 saturated carbocycles. The normalized spacial score (nSPS) is 10.9. The van der Waals surface area contributed by atoms with E-state index in [9.17, 15) is 13.2 Å². The monoisotopic (exact) mass is 385 g/mol. The fraction of sp³-hybridized carbons (Fsp3) is 0.300. The van der Waals surface area contributed by atoms with Gasteiger partial charge in [0.2, 0.25) is 15.9 Å². The molecule has 7 heteroatoms. The lowest BCUT2D eigenvalue weighted by Crippen LogP contribution is -2.34. The van der Waals surface area contributed by atoms with Gasteiger partial charge in [0.05, 0.1) is 23.6 Å². The highest BCUT2D eigenvalue weighted by Crippen LogP contribution is 2.28.